The predicted molar refractivity (Wildman–Crippen MR) is 47.1 cm³/mol. The normalized spacial score (nSPS) is 33.8. The van der Waals surface area contributed by atoms with Crippen LogP contribution in [0.3, 0.4) is 0 Å². The third-order valence-corrected chi connectivity index (χ3v) is 2.73. The van der Waals surface area contributed by atoms with Crippen molar-refractivity contribution in [2.24, 2.45) is 11.3 Å². The van der Waals surface area contributed by atoms with Crippen LogP contribution in [0.15, 0.2) is 0 Å². The zero-order chi connectivity index (χ0) is 8.48. The highest BCUT2D eigenvalue weighted by molar-refractivity contribution is 4.89. The number of aliphatic hydroxyl groups excluding tert-OH is 1. The van der Waals surface area contributed by atoms with Crippen LogP contribution in [0.2, 0.25) is 0 Å². The molecular formula is C10H19O. The Labute approximate surface area is 69.8 Å². The first-order valence-electron chi connectivity index (χ1n) is 4.51. The quantitative estimate of drug-likeness (QED) is 0.569. The summed E-state index contributed by atoms with van der Waals surface area (Å²) in [6.07, 6.45) is 5.15. The van der Waals surface area contributed by atoms with E-state index in [0.29, 0.717) is 5.41 Å². The van der Waals surface area contributed by atoms with Crippen LogP contribution in [0.4, 0.5) is 0 Å². The van der Waals surface area contributed by atoms with E-state index < -0.39 is 0 Å². The Kier molecular flexibility index (Phi) is 2.58. The van der Waals surface area contributed by atoms with E-state index in [9.17, 15) is 5.11 Å². The van der Waals surface area contributed by atoms with Gasteiger partial charge in [-0.1, -0.05) is 20.8 Å². The molecule has 0 aromatic heterocycles. The standard InChI is InChI=1S/C10H19O/c1-10(2,3)8-4-6-9(11)7-5-8/h6,8-9,11H,4-5,7H2,1-3H3. The second-order valence-electron chi connectivity index (χ2n) is 4.68. The molecule has 1 nitrogen and oxygen atoms in total. The summed E-state index contributed by atoms with van der Waals surface area (Å²) < 4.78 is 0. The molecule has 1 N–H and O–H groups in total. The second-order valence-corrected chi connectivity index (χ2v) is 4.68. The molecule has 2 atom stereocenters. The van der Waals surface area contributed by atoms with Crippen LogP contribution in [0.25, 0.3) is 0 Å². The molecule has 0 aromatic rings. The maximum atomic E-state index is 9.24. The van der Waals surface area contributed by atoms with Crippen LogP contribution >= 0.6 is 0 Å². The van der Waals surface area contributed by atoms with Crippen molar-refractivity contribution in [3.05, 3.63) is 6.42 Å². The highest BCUT2D eigenvalue weighted by Crippen LogP contribution is 2.37. The number of hydrogen-bond donors (Lipinski definition) is 1. The number of aliphatic hydroxyl groups is 1. The van der Waals surface area contributed by atoms with E-state index in [1.165, 1.54) is 6.42 Å². The summed E-state index contributed by atoms with van der Waals surface area (Å²) in [4.78, 5) is 0. The molecule has 2 unspecified atom stereocenters. The Balaban J connectivity index is 2.39. The lowest BCUT2D eigenvalue weighted by Gasteiger charge is -2.35. The Morgan fingerprint density at radius 3 is 2.27 bits per heavy atom. The minimum Gasteiger partial charge on any atom is -0.393 e. The average molecular weight is 155 g/mol. The third kappa shape index (κ3) is 2.48. The first-order valence-corrected chi connectivity index (χ1v) is 4.51. The molecule has 1 heteroatoms. The lowest BCUT2D eigenvalue weighted by Crippen LogP contribution is -2.28. The maximum absolute atomic E-state index is 9.24. The summed E-state index contributed by atoms with van der Waals surface area (Å²) in [5.41, 5.74) is 0.413. The summed E-state index contributed by atoms with van der Waals surface area (Å²) in [6, 6.07) is 0. The molecule has 1 rings (SSSR count). The Bertz CT molecular complexity index is 115. The topological polar surface area (TPSA) is 20.2 Å². The maximum Gasteiger partial charge on any atom is 0.0572 e. The Hall–Kier alpha value is -0.0400. The minimum atomic E-state index is -0.131. The van der Waals surface area contributed by atoms with Crippen molar-refractivity contribution < 1.29 is 5.11 Å². The summed E-state index contributed by atoms with van der Waals surface area (Å²) in [7, 11) is 0. The van der Waals surface area contributed by atoms with E-state index >= 15 is 0 Å². The van der Waals surface area contributed by atoms with Crippen molar-refractivity contribution in [3.63, 3.8) is 0 Å². The fraction of sp³-hybridized carbons (Fsp3) is 0.900. The summed E-state index contributed by atoms with van der Waals surface area (Å²) >= 11 is 0. The van der Waals surface area contributed by atoms with Gasteiger partial charge in [-0.15, -0.1) is 0 Å². The van der Waals surface area contributed by atoms with E-state index in [2.05, 4.69) is 27.2 Å². The highest BCUT2D eigenvalue weighted by atomic mass is 16.3. The van der Waals surface area contributed by atoms with Crippen LogP contribution in [-0.4, -0.2) is 11.2 Å². The van der Waals surface area contributed by atoms with Gasteiger partial charge in [-0.2, -0.15) is 0 Å². The van der Waals surface area contributed by atoms with Crippen molar-refractivity contribution in [2.75, 3.05) is 0 Å². The van der Waals surface area contributed by atoms with Crippen LogP contribution in [0, 0.1) is 17.8 Å². The molecule has 0 heterocycles. The molecule has 1 aliphatic rings. The van der Waals surface area contributed by atoms with Gasteiger partial charge in [-0.05, 0) is 37.0 Å². The molecule has 1 fully saturated rings. The highest BCUT2D eigenvalue weighted by Gasteiger charge is 2.28. The second kappa shape index (κ2) is 3.14. The summed E-state index contributed by atoms with van der Waals surface area (Å²) in [5.74, 6) is 0.769. The molecule has 0 saturated heterocycles. The van der Waals surface area contributed by atoms with E-state index in [4.69, 9.17) is 0 Å². The van der Waals surface area contributed by atoms with Gasteiger partial charge in [0, 0.05) is 0 Å². The fourth-order valence-electron chi connectivity index (χ4n) is 1.72. The van der Waals surface area contributed by atoms with Crippen molar-refractivity contribution in [1.82, 2.24) is 0 Å². The SMILES string of the molecule is CC(C)(C)C1C[CH]C(O)CC1. The van der Waals surface area contributed by atoms with Gasteiger partial charge in [0.05, 0.1) is 6.10 Å². The molecule has 0 spiro atoms. The lowest BCUT2D eigenvalue weighted by atomic mass is 9.72. The Morgan fingerprint density at radius 2 is 1.91 bits per heavy atom. The van der Waals surface area contributed by atoms with Crippen molar-refractivity contribution in [1.29, 1.82) is 0 Å². The first-order chi connectivity index (χ1) is 5.00. The van der Waals surface area contributed by atoms with Gasteiger partial charge in [-0.25, -0.2) is 0 Å². The molecule has 1 aliphatic carbocycles. The van der Waals surface area contributed by atoms with Crippen LogP contribution < -0.4 is 0 Å². The Morgan fingerprint density at radius 1 is 1.27 bits per heavy atom. The van der Waals surface area contributed by atoms with Crippen LogP contribution in [0.5, 0.6) is 0 Å². The largest absolute Gasteiger partial charge is 0.393 e. The van der Waals surface area contributed by atoms with E-state index in [1.807, 2.05) is 0 Å². The predicted octanol–water partition coefficient (Wildman–Crippen LogP) is 2.40. The number of rotatable bonds is 0. The third-order valence-electron chi connectivity index (χ3n) is 2.73. The van der Waals surface area contributed by atoms with E-state index in [0.717, 1.165) is 18.8 Å². The molecule has 0 bridgehead atoms. The van der Waals surface area contributed by atoms with Gasteiger partial charge >= 0.3 is 0 Å². The minimum absolute atomic E-state index is 0.131. The van der Waals surface area contributed by atoms with E-state index in [1.54, 1.807) is 0 Å². The van der Waals surface area contributed by atoms with Crippen LogP contribution in [-0.2, 0) is 0 Å². The van der Waals surface area contributed by atoms with Gasteiger partial charge < -0.3 is 5.11 Å². The first kappa shape index (κ1) is 9.05. The van der Waals surface area contributed by atoms with Gasteiger partial charge in [0.2, 0.25) is 0 Å². The molecule has 11 heavy (non-hydrogen) atoms. The summed E-state index contributed by atoms with van der Waals surface area (Å²) in [5, 5.41) is 9.24. The van der Waals surface area contributed by atoms with Gasteiger partial charge in [0.15, 0.2) is 0 Å². The molecule has 0 aromatic carbocycles. The lowest BCUT2D eigenvalue weighted by molar-refractivity contribution is 0.113. The molecule has 0 amide bonds. The molecule has 65 valence electrons. The van der Waals surface area contributed by atoms with Gasteiger partial charge in [0.1, 0.15) is 0 Å². The van der Waals surface area contributed by atoms with Crippen molar-refractivity contribution in [3.8, 4) is 0 Å². The van der Waals surface area contributed by atoms with Crippen molar-refractivity contribution in [2.45, 2.75) is 46.1 Å². The average Bonchev–Trinajstić information content (AvgIpc) is 1.86. The molecule has 1 saturated carbocycles. The fourth-order valence-corrected chi connectivity index (χ4v) is 1.72. The van der Waals surface area contributed by atoms with Gasteiger partial charge in [-0.3, -0.25) is 0 Å². The van der Waals surface area contributed by atoms with Crippen LogP contribution in [0.1, 0.15) is 40.0 Å². The van der Waals surface area contributed by atoms with E-state index in [-0.39, 0.29) is 6.10 Å². The van der Waals surface area contributed by atoms with Gasteiger partial charge in [0.25, 0.3) is 0 Å². The zero-order valence-corrected chi connectivity index (χ0v) is 7.80. The van der Waals surface area contributed by atoms with Crippen molar-refractivity contribution >= 4 is 0 Å². The summed E-state index contributed by atoms with van der Waals surface area (Å²) in [6.45, 7) is 6.84. The zero-order valence-electron chi connectivity index (χ0n) is 7.80. The molecule has 0 aliphatic heterocycles. The smallest absolute Gasteiger partial charge is 0.0572 e. The molecular weight excluding hydrogens is 136 g/mol. The number of hydrogen-bond acceptors (Lipinski definition) is 1. The monoisotopic (exact) mass is 155 g/mol. The molecule has 1 radical (unpaired) electrons.